The summed E-state index contributed by atoms with van der Waals surface area (Å²) in [7, 11) is 4.84. The first-order valence-corrected chi connectivity index (χ1v) is 8.80. The summed E-state index contributed by atoms with van der Waals surface area (Å²) in [6, 6.07) is 13.4. The molecular formula is C21H25NO4. The van der Waals surface area contributed by atoms with Crippen LogP contribution in [0.5, 0.6) is 17.2 Å². The lowest BCUT2D eigenvalue weighted by Crippen LogP contribution is -2.17. The Morgan fingerprint density at radius 2 is 1.65 bits per heavy atom. The minimum absolute atomic E-state index is 0.0238. The smallest absolute Gasteiger partial charge is 0.225 e. The SMILES string of the molecule is COc1ccc(C(CC(=O)Nc2cc(OC)ccc2OC)C2CC2)cc1. The fourth-order valence-electron chi connectivity index (χ4n) is 3.22. The van der Waals surface area contributed by atoms with Crippen LogP contribution in [0.1, 0.15) is 30.7 Å². The number of anilines is 1. The van der Waals surface area contributed by atoms with E-state index in [4.69, 9.17) is 14.2 Å². The lowest BCUT2D eigenvalue weighted by molar-refractivity contribution is -0.116. The van der Waals surface area contributed by atoms with Gasteiger partial charge in [-0.05, 0) is 54.5 Å². The molecule has 0 bridgehead atoms. The summed E-state index contributed by atoms with van der Waals surface area (Å²) in [5, 5.41) is 2.97. The molecule has 1 N–H and O–H groups in total. The van der Waals surface area contributed by atoms with Gasteiger partial charge in [0.1, 0.15) is 17.2 Å². The molecule has 1 saturated carbocycles. The summed E-state index contributed by atoms with van der Waals surface area (Å²) in [5.41, 5.74) is 1.81. The number of carbonyl (C=O) groups excluding carboxylic acids is 1. The second kappa shape index (κ2) is 8.13. The first-order valence-electron chi connectivity index (χ1n) is 8.80. The maximum Gasteiger partial charge on any atom is 0.225 e. The third-order valence-electron chi connectivity index (χ3n) is 4.82. The van der Waals surface area contributed by atoms with Gasteiger partial charge in [-0.2, -0.15) is 0 Å². The number of benzene rings is 2. The van der Waals surface area contributed by atoms with Crippen LogP contribution in [0.25, 0.3) is 0 Å². The van der Waals surface area contributed by atoms with Gasteiger partial charge in [-0.15, -0.1) is 0 Å². The Balaban J connectivity index is 1.72. The lowest BCUT2D eigenvalue weighted by atomic mass is 9.90. The maximum atomic E-state index is 12.7. The number of hydrogen-bond donors (Lipinski definition) is 1. The first-order chi connectivity index (χ1) is 12.6. The van der Waals surface area contributed by atoms with Crippen LogP contribution in [0.15, 0.2) is 42.5 Å². The molecule has 1 aliphatic rings. The number of amides is 1. The van der Waals surface area contributed by atoms with Crippen molar-refractivity contribution in [1.29, 1.82) is 0 Å². The average Bonchev–Trinajstić information content (AvgIpc) is 3.51. The Labute approximate surface area is 154 Å². The Kier molecular flexibility index (Phi) is 5.66. The predicted molar refractivity (Wildman–Crippen MR) is 101 cm³/mol. The lowest BCUT2D eigenvalue weighted by Gasteiger charge is -2.18. The van der Waals surface area contributed by atoms with E-state index in [1.807, 2.05) is 12.1 Å². The molecule has 0 saturated heterocycles. The predicted octanol–water partition coefficient (Wildman–Crippen LogP) is 4.23. The molecule has 1 aliphatic carbocycles. The van der Waals surface area contributed by atoms with E-state index in [0.717, 1.165) is 5.75 Å². The van der Waals surface area contributed by atoms with E-state index in [-0.39, 0.29) is 11.8 Å². The zero-order valence-corrected chi connectivity index (χ0v) is 15.5. The second-order valence-corrected chi connectivity index (χ2v) is 6.54. The van der Waals surface area contributed by atoms with Gasteiger partial charge in [0.05, 0.1) is 27.0 Å². The highest BCUT2D eigenvalue weighted by molar-refractivity contribution is 5.93. The van der Waals surface area contributed by atoms with Crippen LogP contribution in [0.3, 0.4) is 0 Å². The van der Waals surface area contributed by atoms with Gasteiger partial charge < -0.3 is 19.5 Å². The number of ether oxygens (including phenoxy) is 3. The highest BCUT2D eigenvalue weighted by Gasteiger charge is 2.33. The summed E-state index contributed by atoms with van der Waals surface area (Å²) in [6.07, 6.45) is 2.79. The molecule has 0 aromatic heterocycles. The molecule has 0 aliphatic heterocycles. The zero-order valence-electron chi connectivity index (χ0n) is 15.5. The summed E-state index contributed by atoms with van der Waals surface area (Å²) in [6.45, 7) is 0. The van der Waals surface area contributed by atoms with Crippen LogP contribution < -0.4 is 19.5 Å². The fourth-order valence-corrected chi connectivity index (χ4v) is 3.22. The second-order valence-electron chi connectivity index (χ2n) is 6.54. The van der Waals surface area contributed by atoms with Crippen LogP contribution >= 0.6 is 0 Å². The third-order valence-corrected chi connectivity index (χ3v) is 4.82. The van der Waals surface area contributed by atoms with Crippen molar-refractivity contribution in [3.05, 3.63) is 48.0 Å². The van der Waals surface area contributed by atoms with Gasteiger partial charge in [0.2, 0.25) is 5.91 Å². The van der Waals surface area contributed by atoms with Gasteiger partial charge >= 0.3 is 0 Å². The van der Waals surface area contributed by atoms with Crippen molar-refractivity contribution in [2.75, 3.05) is 26.6 Å². The molecule has 0 radical (unpaired) electrons. The zero-order chi connectivity index (χ0) is 18.5. The van der Waals surface area contributed by atoms with Crippen molar-refractivity contribution in [2.24, 2.45) is 5.92 Å². The number of hydrogen-bond acceptors (Lipinski definition) is 4. The maximum absolute atomic E-state index is 12.7. The highest BCUT2D eigenvalue weighted by Crippen LogP contribution is 2.45. The van der Waals surface area contributed by atoms with E-state index in [1.165, 1.54) is 18.4 Å². The molecule has 0 spiro atoms. The van der Waals surface area contributed by atoms with Gasteiger partial charge in [-0.1, -0.05) is 12.1 Å². The monoisotopic (exact) mass is 355 g/mol. The first kappa shape index (κ1) is 18.1. The molecule has 5 heteroatoms. The molecule has 2 aromatic carbocycles. The standard InChI is InChI=1S/C21H25NO4/c1-24-16-8-6-15(7-9-16)18(14-4-5-14)13-21(23)22-19-12-17(25-2)10-11-20(19)26-3/h6-12,14,18H,4-5,13H2,1-3H3,(H,22,23). The molecule has 0 heterocycles. The van der Waals surface area contributed by atoms with Crippen LogP contribution in [-0.4, -0.2) is 27.2 Å². The number of methoxy groups -OCH3 is 3. The van der Waals surface area contributed by atoms with Crippen molar-refractivity contribution in [2.45, 2.75) is 25.2 Å². The largest absolute Gasteiger partial charge is 0.497 e. The molecule has 5 nitrogen and oxygen atoms in total. The van der Waals surface area contributed by atoms with Crippen LogP contribution in [0.2, 0.25) is 0 Å². The minimum Gasteiger partial charge on any atom is -0.497 e. The van der Waals surface area contributed by atoms with Crippen molar-refractivity contribution < 1.29 is 19.0 Å². The normalized spacial score (nSPS) is 14.4. The molecule has 1 fully saturated rings. The number of carbonyl (C=O) groups is 1. The molecular weight excluding hydrogens is 330 g/mol. The molecule has 1 atom stereocenters. The highest BCUT2D eigenvalue weighted by atomic mass is 16.5. The Bertz CT molecular complexity index is 753. The van der Waals surface area contributed by atoms with Crippen molar-refractivity contribution in [1.82, 2.24) is 0 Å². The van der Waals surface area contributed by atoms with Crippen molar-refractivity contribution in [3.8, 4) is 17.2 Å². The molecule has 138 valence electrons. The van der Waals surface area contributed by atoms with Crippen LogP contribution in [0.4, 0.5) is 5.69 Å². The van der Waals surface area contributed by atoms with Gasteiger partial charge in [0.15, 0.2) is 0 Å². The van der Waals surface area contributed by atoms with Crippen LogP contribution in [-0.2, 0) is 4.79 Å². The Morgan fingerprint density at radius 1 is 1.00 bits per heavy atom. The van der Waals surface area contributed by atoms with Crippen LogP contribution in [0, 0.1) is 5.92 Å². The van der Waals surface area contributed by atoms with E-state index >= 15 is 0 Å². The number of nitrogens with one attached hydrogen (secondary N) is 1. The van der Waals surface area contributed by atoms with E-state index < -0.39 is 0 Å². The Hall–Kier alpha value is -2.69. The van der Waals surface area contributed by atoms with Crippen molar-refractivity contribution in [3.63, 3.8) is 0 Å². The molecule has 26 heavy (non-hydrogen) atoms. The quantitative estimate of drug-likeness (QED) is 0.770. The average molecular weight is 355 g/mol. The topological polar surface area (TPSA) is 56.8 Å². The summed E-state index contributed by atoms with van der Waals surface area (Å²) < 4.78 is 15.8. The van der Waals surface area contributed by atoms with Gasteiger partial charge in [0, 0.05) is 12.5 Å². The summed E-state index contributed by atoms with van der Waals surface area (Å²) >= 11 is 0. The molecule has 1 amide bonds. The van der Waals surface area contributed by atoms with E-state index in [2.05, 4.69) is 17.4 Å². The fraction of sp³-hybridized carbons (Fsp3) is 0.381. The molecule has 1 unspecified atom stereocenters. The van der Waals surface area contributed by atoms with E-state index in [1.54, 1.807) is 39.5 Å². The van der Waals surface area contributed by atoms with Gasteiger partial charge in [-0.25, -0.2) is 0 Å². The Morgan fingerprint density at radius 3 is 2.23 bits per heavy atom. The minimum atomic E-state index is -0.0238. The van der Waals surface area contributed by atoms with E-state index in [0.29, 0.717) is 29.5 Å². The van der Waals surface area contributed by atoms with Gasteiger partial charge in [-0.3, -0.25) is 4.79 Å². The summed E-state index contributed by atoms with van der Waals surface area (Å²) in [5.74, 6) is 2.89. The molecule has 3 rings (SSSR count). The third kappa shape index (κ3) is 4.28. The van der Waals surface area contributed by atoms with Gasteiger partial charge in [0.25, 0.3) is 0 Å². The van der Waals surface area contributed by atoms with Crippen molar-refractivity contribution >= 4 is 11.6 Å². The number of rotatable bonds is 8. The van der Waals surface area contributed by atoms with E-state index in [9.17, 15) is 4.79 Å². The summed E-state index contributed by atoms with van der Waals surface area (Å²) in [4.78, 5) is 12.7. The molecule has 2 aromatic rings.